The third kappa shape index (κ3) is 4.04. The minimum Gasteiger partial charge on any atom is -0.481 e. The molecule has 0 radical (unpaired) electrons. The van der Waals surface area contributed by atoms with E-state index in [0.717, 1.165) is 5.57 Å². The second-order valence-corrected chi connectivity index (χ2v) is 4.20. The van der Waals surface area contributed by atoms with E-state index in [0.29, 0.717) is 19.4 Å². The molecule has 0 aliphatic heterocycles. The molecule has 0 rings (SSSR count). The first kappa shape index (κ1) is 14.7. The van der Waals surface area contributed by atoms with Gasteiger partial charge in [0.2, 0.25) is 5.91 Å². The minimum absolute atomic E-state index is 0.0304. The van der Waals surface area contributed by atoms with Crippen molar-refractivity contribution >= 4 is 11.9 Å². The van der Waals surface area contributed by atoms with E-state index in [9.17, 15) is 9.59 Å². The van der Waals surface area contributed by atoms with E-state index in [1.165, 1.54) is 0 Å². The van der Waals surface area contributed by atoms with Crippen LogP contribution in [0.2, 0.25) is 0 Å². The van der Waals surface area contributed by atoms with Crippen LogP contribution >= 0.6 is 0 Å². The average Bonchev–Trinajstić information content (AvgIpc) is 2.22. The zero-order valence-electron chi connectivity index (χ0n) is 10.3. The predicted octanol–water partition coefficient (Wildman–Crippen LogP) is 1.96. The number of carboxylic acids is 1. The van der Waals surface area contributed by atoms with Crippen LogP contribution in [0.3, 0.4) is 0 Å². The molecule has 0 spiro atoms. The molecule has 0 aromatic carbocycles. The summed E-state index contributed by atoms with van der Waals surface area (Å²) in [6.45, 7) is 9.47. The second kappa shape index (κ2) is 6.30. The fourth-order valence-corrected chi connectivity index (χ4v) is 1.50. The lowest BCUT2D eigenvalue weighted by Gasteiger charge is -2.25. The Labute approximate surface area is 96.7 Å². The molecule has 0 aliphatic carbocycles. The number of hydrogen-bond acceptors (Lipinski definition) is 2. The van der Waals surface area contributed by atoms with Crippen LogP contribution in [0.15, 0.2) is 12.2 Å². The van der Waals surface area contributed by atoms with Crippen molar-refractivity contribution in [2.45, 2.75) is 40.0 Å². The number of hydrogen-bond donors (Lipinski definition) is 2. The Morgan fingerprint density at radius 1 is 1.31 bits per heavy atom. The Balaban J connectivity index is 4.46. The van der Waals surface area contributed by atoms with Crippen molar-refractivity contribution in [1.29, 1.82) is 0 Å². The third-order valence-corrected chi connectivity index (χ3v) is 2.89. The number of amides is 1. The van der Waals surface area contributed by atoms with Gasteiger partial charge >= 0.3 is 5.97 Å². The molecule has 0 aliphatic rings. The summed E-state index contributed by atoms with van der Waals surface area (Å²) in [4.78, 5) is 22.7. The van der Waals surface area contributed by atoms with Crippen LogP contribution in [-0.2, 0) is 9.59 Å². The van der Waals surface area contributed by atoms with Crippen molar-refractivity contribution < 1.29 is 14.7 Å². The summed E-state index contributed by atoms with van der Waals surface area (Å²) in [7, 11) is 0. The quantitative estimate of drug-likeness (QED) is 0.653. The zero-order valence-corrected chi connectivity index (χ0v) is 10.3. The van der Waals surface area contributed by atoms with E-state index in [1.807, 2.05) is 6.92 Å². The van der Waals surface area contributed by atoms with Crippen LogP contribution in [-0.4, -0.2) is 23.5 Å². The highest BCUT2D eigenvalue weighted by Crippen LogP contribution is 2.30. The van der Waals surface area contributed by atoms with E-state index in [1.54, 1.807) is 13.8 Å². The molecule has 2 N–H and O–H groups in total. The minimum atomic E-state index is -0.931. The molecular formula is C12H21NO3. The summed E-state index contributed by atoms with van der Waals surface area (Å²) in [5.41, 5.74) is -0.0821. The van der Waals surface area contributed by atoms with Gasteiger partial charge in [0.25, 0.3) is 0 Å². The van der Waals surface area contributed by atoms with Gasteiger partial charge in [0.05, 0.1) is 5.41 Å². The Bertz CT molecular complexity index is 280. The summed E-state index contributed by atoms with van der Waals surface area (Å²) in [6, 6.07) is 0. The fraction of sp³-hybridized carbons (Fsp3) is 0.667. The highest BCUT2D eigenvalue weighted by Gasteiger charge is 2.36. The molecule has 0 atom stereocenters. The van der Waals surface area contributed by atoms with Gasteiger partial charge in [0, 0.05) is 13.0 Å². The molecule has 4 nitrogen and oxygen atoms in total. The van der Waals surface area contributed by atoms with Crippen molar-refractivity contribution in [3.8, 4) is 0 Å². The van der Waals surface area contributed by atoms with Crippen molar-refractivity contribution in [3.05, 3.63) is 12.2 Å². The SMILES string of the molecule is C=C(C)CNC(=O)CC(CC)(CC)C(=O)O. The van der Waals surface area contributed by atoms with Crippen LogP contribution in [0, 0.1) is 5.41 Å². The van der Waals surface area contributed by atoms with E-state index in [4.69, 9.17) is 5.11 Å². The molecule has 4 heteroatoms. The van der Waals surface area contributed by atoms with Crippen LogP contribution in [0.5, 0.6) is 0 Å². The maximum absolute atomic E-state index is 11.6. The monoisotopic (exact) mass is 227 g/mol. The Kier molecular flexibility index (Phi) is 5.78. The van der Waals surface area contributed by atoms with Gasteiger partial charge in [-0.15, -0.1) is 0 Å². The van der Waals surface area contributed by atoms with Crippen LogP contribution in [0.25, 0.3) is 0 Å². The first-order valence-corrected chi connectivity index (χ1v) is 5.52. The van der Waals surface area contributed by atoms with Gasteiger partial charge in [-0.05, 0) is 19.8 Å². The lowest BCUT2D eigenvalue weighted by atomic mass is 9.79. The number of aliphatic carboxylic acids is 1. The summed E-state index contributed by atoms with van der Waals surface area (Å²) in [6.07, 6.45) is 0.946. The van der Waals surface area contributed by atoms with E-state index >= 15 is 0 Å². The van der Waals surface area contributed by atoms with Gasteiger partial charge in [-0.1, -0.05) is 26.0 Å². The molecule has 0 aromatic rings. The van der Waals surface area contributed by atoms with Gasteiger partial charge in [-0.25, -0.2) is 0 Å². The Morgan fingerprint density at radius 3 is 2.12 bits per heavy atom. The normalized spacial score (nSPS) is 10.9. The molecule has 0 aromatic heterocycles. The molecule has 0 fully saturated rings. The predicted molar refractivity (Wildman–Crippen MR) is 63.1 cm³/mol. The molecule has 0 unspecified atom stereocenters. The standard InChI is InChI=1S/C12H21NO3/c1-5-12(6-2,11(15)16)7-10(14)13-8-9(3)4/h3,5-8H2,1-2,4H3,(H,13,14)(H,15,16). The maximum Gasteiger partial charge on any atom is 0.310 e. The second-order valence-electron chi connectivity index (χ2n) is 4.20. The highest BCUT2D eigenvalue weighted by molar-refractivity contribution is 5.85. The smallest absolute Gasteiger partial charge is 0.310 e. The maximum atomic E-state index is 11.6. The molecule has 0 heterocycles. The molecule has 0 saturated carbocycles. The van der Waals surface area contributed by atoms with Crippen LogP contribution < -0.4 is 5.32 Å². The number of carbonyl (C=O) groups excluding carboxylic acids is 1. The molecule has 92 valence electrons. The number of carbonyl (C=O) groups is 2. The van der Waals surface area contributed by atoms with Crippen molar-refractivity contribution in [2.24, 2.45) is 5.41 Å². The summed E-state index contributed by atoms with van der Waals surface area (Å²) >= 11 is 0. The van der Waals surface area contributed by atoms with Crippen LogP contribution in [0.1, 0.15) is 40.0 Å². The van der Waals surface area contributed by atoms with Crippen molar-refractivity contribution in [2.75, 3.05) is 6.54 Å². The van der Waals surface area contributed by atoms with Gasteiger partial charge in [0.15, 0.2) is 0 Å². The highest BCUT2D eigenvalue weighted by atomic mass is 16.4. The molecule has 0 bridgehead atoms. The topological polar surface area (TPSA) is 66.4 Å². The number of nitrogens with one attached hydrogen (secondary N) is 1. The summed E-state index contributed by atoms with van der Waals surface area (Å²) in [5, 5.41) is 11.8. The first-order chi connectivity index (χ1) is 7.38. The van der Waals surface area contributed by atoms with Crippen molar-refractivity contribution in [1.82, 2.24) is 5.32 Å². The van der Waals surface area contributed by atoms with Crippen LogP contribution in [0.4, 0.5) is 0 Å². The lowest BCUT2D eigenvalue weighted by molar-refractivity contribution is -0.152. The van der Waals surface area contributed by atoms with E-state index < -0.39 is 11.4 Å². The molecular weight excluding hydrogens is 206 g/mol. The fourth-order valence-electron chi connectivity index (χ4n) is 1.50. The largest absolute Gasteiger partial charge is 0.481 e. The van der Waals surface area contributed by atoms with Gasteiger partial charge < -0.3 is 10.4 Å². The van der Waals surface area contributed by atoms with Gasteiger partial charge in [0.1, 0.15) is 0 Å². The molecule has 16 heavy (non-hydrogen) atoms. The lowest BCUT2D eigenvalue weighted by Crippen LogP contribution is -2.37. The zero-order chi connectivity index (χ0) is 12.8. The van der Waals surface area contributed by atoms with E-state index in [2.05, 4.69) is 11.9 Å². The average molecular weight is 227 g/mol. The van der Waals surface area contributed by atoms with Gasteiger partial charge in [-0.3, -0.25) is 9.59 Å². The number of rotatable bonds is 7. The molecule has 1 amide bonds. The molecule has 0 saturated heterocycles. The first-order valence-electron chi connectivity index (χ1n) is 5.52. The Morgan fingerprint density at radius 2 is 1.81 bits per heavy atom. The summed E-state index contributed by atoms with van der Waals surface area (Å²) in [5.74, 6) is -1.13. The van der Waals surface area contributed by atoms with Gasteiger partial charge in [-0.2, -0.15) is 0 Å². The Hall–Kier alpha value is -1.32. The summed E-state index contributed by atoms with van der Waals surface area (Å²) < 4.78 is 0. The number of carboxylic acid groups (broad SMARTS) is 1. The van der Waals surface area contributed by atoms with E-state index in [-0.39, 0.29) is 12.3 Å². The third-order valence-electron chi connectivity index (χ3n) is 2.89. The van der Waals surface area contributed by atoms with Crippen molar-refractivity contribution in [3.63, 3.8) is 0 Å².